The molecule has 80 heavy (non-hydrogen) atoms. The Hall–Kier alpha value is 2.09. The molecule has 0 saturated carbocycles. The predicted octanol–water partition coefficient (Wildman–Crippen LogP) is 11.2. The Morgan fingerprint density at radius 2 is 0.550 bits per heavy atom. The van der Waals surface area contributed by atoms with Crippen LogP contribution in [0.3, 0.4) is 0 Å². The zero-order valence-corrected chi connectivity index (χ0v) is 75.7. The smallest absolute Gasteiger partial charge is 0.308 e. The maximum atomic E-state index is 12.6. The van der Waals surface area contributed by atoms with Gasteiger partial charge < -0.3 is 42.4 Å². The number of ether oxygens (including phenoxy) is 2. The minimum absolute atomic E-state index is 0.210. The van der Waals surface area contributed by atoms with Crippen LogP contribution in [0, 0.1) is 5.92 Å². The quantitative estimate of drug-likeness (QED) is 0.0327. The number of esters is 2. The molecule has 12 nitrogen and oxygen atoms in total. The first-order chi connectivity index (χ1) is 37.1. The van der Waals surface area contributed by atoms with E-state index in [0.717, 1.165) is 37.8 Å². The molecule has 0 heterocycles. The summed E-state index contributed by atoms with van der Waals surface area (Å²) in [6.07, 6.45) is 14.8. The first-order valence-electron chi connectivity index (χ1n) is 32.6. The molecule has 0 amide bonds. The predicted molar refractivity (Wildman–Crippen MR) is 392 cm³/mol. The fourth-order valence-electron chi connectivity index (χ4n) is 9.34. The first kappa shape index (κ1) is 82.1. The summed E-state index contributed by atoms with van der Waals surface area (Å²) in [7, 11) is -15.4. The molecule has 0 aliphatic carbocycles. The molecule has 478 valence electrons. The average molecular weight is 1400 g/mol. The van der Waals surface area contributed by atoms with Crippen LogP contribution in [0.2, 0.25) is 202 Å². The van der Waals surface area contributed by atoms with E-state index in [1.807, 2.05) is 6.92 Å². The minimum Gasteiger partial charge on any atom is -0.466 e. The van der Waals surface area contributed by atoms with E-state index in [1.165, 1.54) is 124 Å². The number of hydrogen-bond acceptors (Lipinski definition) is 12. The fraction of sp³-hybridized carbons (Fsp3) is 0.962. The molecule has 28 heteroatoms. The molecule has 0 rings (SSSR count). The van der Waals surface area contributed by atoms with Crippen LogP contribution in [-0.4, -0.2) is 170 Å². The van der Waals surface area contributed by atoms with Gasteiger partial charge in [0.25, 0.3) is 0 Å². The molecule has 0 bridgehead atoms. The van der Waals surface area contributed by atoms with Gasteiger partial charge in [-0.25, -0.2) is 0 Å². The third-order valence-electron chi connectivity index (χ3n) is 14.8. The van der Waals surface area contributed by atoms with E-state index in [1.54, 1.807) is 0 Å². The van der Waals surface area contributed by atoms with Crippen molar-refractivity contribution in [2.75, 3.05) is 13.2 Å². The summed E-state index contributed by atoms with van der Waals surface area (Å²) in [5.74, 6) is -0.732. The monoisotopic (exact) mass is 1400 g/mol. The van der Waals surface area contributed by atoms with Crippen molar-refractivity contribution < 1.29 is 52.0 Å². The van der Waals surface area contributed by atoms with Gasteiger partial charge in [0.1, 0.15) is 78.1 Å². The Bertz CT molecular complexity index is 1560. The summed E-state index contributed by atoms with van der Waals surface area (Å²) in [5.41, 5.74) is 0. The Morgan fingerprint density at radius 3 is 0.838 bits per heavy atom. The summed E-state index contributed by atoms with van der Waals surface area (Å²) in [5, 5.41) is 0. The molecule has 0 saturated heterocycles. The Balaban J connectivity index is 3.87. The Kier molecular flexibility index (Phi) is 46.5. The van der Waals surface area contributed by atoms with Crippen LogP contribution in [0.4, 0.5) is 0 Å². The third-order valence-corrected chi connectivity index (χ3v) is 62.7. The SMILES string of the molecule is CC(CCC(=O)OCCCC[SiH2]O[Si](C)(C)CCCC[SiH2]O[Si](C)(C)CCC[SiH2]O[Si](C)(C)CCC[SiH2]O[Si](C)(C)C)C(=O)OCCCC[SiH2]O[Si](C)(C)CCCC[SiH2]O[Si](C)(C)CCC[SiH2]O[Si](C)(C)CCC[SiH2]O[Si](C)(C)C. The molecular weight excluding hydrogens is 1270 g/mol. The number of carbonyl (C=O) groups excluding carboxylic acids is 2. The molecule has 1 atom stereocenters. The number of rotatable bonds is 56. The zero-order valence-electron chi connectivity index (χ0n) is 56.3. The second kappa shape index (κ2) is 45.4. The van der Waals surface area contributed by atoms with Crippen molar-refractivity contribution in [2.24, 2.45) is 5.92 Å². The van der Waals surface area contributed by atoms with E-state index in [0.29, 0.717) is 19.6 Å². The average Bonchev–Trinajstić information content (AvgIpc) is 3.33. The lowest BCUT2D eigenvalue weighted by Gasteiger charge is -2.26. The highest BCUT2D eigenvalue weighted by molar-refractivity contribution is 6.78. The maximum Gasteiger partial charge on any atom is 0.308 e. The largest absolute Gasteiger partial charge is 0.466 e. The number of carbonyl (C=O) groups is 2. The van der Waals surface area contributed by atoms with Crippen LogP contribution >= 0.6 is 0 Å². The number of hydrogen-bond donors (Lipinski definition) is 0. The summed E-state index contributed by atoms with van der Waals surface area (Å²) in [6, 6.07) is 17.7. The van der Waals surface area contributed by atoms with Crippen molar-refractivity contribution in [1.82, 2.24) is 0 Å². The molecule has 0 aromatic heterocycles. The van der Waals surface area contributed by atoms with Gasteiger partial charge in [-0.05, 0) is 222 Å². The Morgan fingerprint density at radius 1 is 0.312 bits per heavy atom. The van der Waals surface area contributed by atoms with E-state index in [-0.39, 0.29) is 43.8 Å². The second-order valence-corrected chi connectivity index (χ2v) is 79.7. The van der Waals surface area contributed by atoms with Crippen molar-refractivity contribution in [3.63, 3.8) is 0 Å². The normalized spacial score (nSPS) is 15.0. The van der Waals surface area contributed by atoms with Crippen molar-refractivity contribution >= 4 is 157 Å². The molecule has 0 aliphatic heterocycles. The Labute approximate surface area is 522 Å². The summed E-state index contributed by atoms with van der Waals surface area (Å²) < 4.78 is 62.9. The summed E-state index contributed by atoms with van der Waals surface area (Å²) in [6.45, 7) is 45.5. The van der Waals surface area contributed by atoms with Crippen molar-refractivity contribution in [3.8, 4) is 0 Å². The minimum atomic E-state index is -1.61. The highest BCUT2D eigenvalue weighted by atomic mass is 28.4. The van der Waals surface area contributed by atoms with Crippen LogP contribution in [0.15, 0.2) is 0 Å². The standard InChI is InChI=1S/C52H134O12Si16/c1-50(52(54)56-35-21-23-37-68-60-76(10,11)45-27-25-39-70-62-78(14,15)49-31-43-72-64-80(18,19)47-29-41-66-58-74(5,6)7)32-33-51(53)55-34-20-22-36-67-59-75(8,9)44-26-24-38-69-61-77(12,13)48-30-42-71-63-79(16,17)46-28-40-65-57-73(2,3)4/h50H,20-49,65-72H2,1-19H3. The van der Waals surface area contributed by atoms with Crippen LogP contribution in [0.5, 0.6) is 0 Å². The van der Waals surface area contributed by atoms with Crippen molar-refractivity contribution in [2.45, 2.75) is 299 Å². The van der Waals surface area contributed by atoms with E-state index in [2.05, 4.69) is 118 Å². The highest BCUT2D eigenvalue weighted by Gasteiger charge is 2.27. The topological polar surface area (TPSA) is 126 Å². The molecule has 0 spiro atoms. The molecule has 1 unspecified atom stereocenters. The van der Waals surface area contributed by atoms with E-state index >= 15 is 0 Å². The van der Waals surface area contributed by atoms with Gasteiger partial charge >= 0.3 is 11.9 Å². The van der Waals surface area contributed by atoms with Crippen LogP contribution in [0.1, 0.15) is 96.8 Å². The maximum absolute atomic E-state index is 12.6. The molecule has 0 aromatic carbocycles. The van der Waals surface area contributed by atoms with E-state index in [4.69, 9.17) is 42.4 Å². The molecule has 0 aliphatic rings. The van der Waals surface area contributed by atoms with Crippen molar-refractivity contribution in [1.29, 1.82) is 0 Å². The van der Waals surface area contributed by atoms with Gasteiger partial charge in [0, 0.05) is 6.42 Å². The van der Waals surface area contributed by atoms with Gasteiger partial charge in [0.05, 0.1) is 19.1 Å². The lowest BCUT2D eigenvalue weighted by Crippen LogP contribution is -2.33. The molecule has 0 fully saturated rings. The van der Waals surface area contributed by atoms with Gasteiger partial charge in [-0.1, -0.05) is 71.1 Å². The lowest BCUT2D eigenvalue weighted by molar-refractivity contribution is -0.149. The second-order valence-electron chi connectivity index (χ2n) is 29.0. The molecule has 0 N–H and O–H groups in total. The van der Waals surface area contributed by atoms with Crippen LogP contribution < -0.4 is 0 Å². The number of unbranched alkanes of at least 4 members (excludes halogenated alkanes) is 4. The van der Waals surface area contributed by atoms with Gasteiger partial charge in [-0.15, -0.1) is 0 Å². The van der Waals surface area contributed by atoms with Gasteiger partial charge in [-0.3, -0.25) is 9.59 Å². The highest BCUT2D eigenvalue weighted by Crippen LogP contribution is 2.23. The molecule has 0 aromatic rings. The van der Waals surface area contributed by atoms with Crippen molar-refractivity contribution in [3.05, 3.63) is 0 Å². The molecule has 0 radical (unpaired) electrons. The zero-order chi connectivity index (χ0) is 60.7. The van der Waals surface area contributed by atoms with Crippen LogP contribution in [0.25, 0.3) is 0 Å². The van der Waals surface area contributed by atoms with E-state index in [9.17, 15) is 9.59 Å². The van der Waals surface area contributed by atoms with E-state index < -0.39 is 125 Å². The van der Waals surface area contributed by atoms with Gasteiger partial charge in [-0.2, -0.15) is 0 Å². The van der Waals surface area contributed by atoms with Gasteiger partial charge in [0.15, 0.2) is 66.5 Å². The third kappa shape index (κ3) is 55.4. The van der Waals surface area contributed by atoms with Crippen LogP contribution in [-0.2, 0) is 52.0 Å². The fourth-order valence-corrected chi connectivity index (χ4v) is 48.2. The van der Waals surface area contributed by atoms with Gasteiger partial charge in [0.2, 0.25) is 0 Å². The first-order valence-corrected chi connectivity index (χ1v) is 70.7. The lowest BCUT2D eigenvalue weighted by atomic mass is 10.1. The summed E-state index contributed by atoms with van der Waals surface area (Å²) >= 11 is 0. The molecular formula is C52H134O12Si16. The summed E-state index contributed by atoms with van der Waals surface area (Å²) in [4.78, 5) is 25.0.